The number of benzene rings is 1. The Morgan fingerprint density at radius 2 is 2.08 bits per heavy atom. The summed E-state index contributed by atoms with van der Waals surface area (Å²) < 4.78 is 1.40. The second-order valence-corrected chi connectivity index (χ2v) is 6.96. The molecule has 0 unspecified atom stereocenters. The molecule has 0 saturated carbocycles. The minimum atomic E-state index is -0.600. The molecule has 1 aromatic carbocycles. The van der Waals surface area contributed by atoms with Gasteiger partial charge in [-0.1, -0.05) is 12.1 Å². The molecule has 0 radical (unpaired) electrons. The van der Waals surface area contributed by atoms with Crippen molar-refractivity contribution < 1.29 is 4.79 Å². The number of thiazole rings is 1. The lowest BCUT2D eigenvalue weighted by atomic mass is 10.2. The summed E-state index contributed by atoms with van der Waals surface area (Å²) in [4.78, 5) is 36.7. The summed E-state index contributed by atoms with van der Waals surface area (Å²) in [6.07, 6.45) is 2.21. The highest BCUT2D eigenvalue weighted by molar-refractivity contribution is 7.09. The van der Waals surface area contributed by atoms with Crippen molar-refractivity contribution in [2.75, 3.05) is 13.6 Å². The van der Waals surface area contributed by atoms with Gasteiger partial charge in [-0.15, -0.1) is 11.3 Å². The van der Waals surface area contributed by atoms with Crippen molar-refractivity contribution in [2.45, 2.75) is 26.3 Å². The van der Waals surface area contributed by atoms with Crippen LogP contribution in [0.15, 0.2) is 40.9 Å². The van der Waals surface area contributed by atoms with Crippen LogP contribution in [0.4, 0.5) is 0 Å². The molecule has 1 atom stereocenters. The average Bonchev–Trinajstić information content (AvgIpc) is 3.04. The average molecular weight is 356 g/mol. The van der Waals surface area contributed by atoms with E-state index in [-0.39, 0.29) is 11.5 Å². The van der Waals surface area contributed by atoms with Gasteiger partial charge in [0.1, 0.15) is 6.04 Å². The monoisotopic (exact) mass is 356 g/mol. The van der Waals surface area contributed by atoms with Crippen molar-refractivity contribution in [2.24, 2.45) is 0 Å². The van der Waals surface area contributed by atoms with E-state index in [1.165, 1.54) is 15.8 Å². The van der Waals surface area contributed by atoms with Crippen LogP contribution in [0.2, 0.25) is 0 Å². The molecular weight excluding hydrogens is 336 g/mol. The van der Waals surface area contributed by atoms with Gasteiger partial charge in [0, 0.05) is 24.9 Å². The number of aryl methyl sites for hydroxylation is 1. The summed E-state index contributed by atoms with van der Waals surface area (Å²) in [6.45, 7) is 4.28. The van der Waals surface area contributed by atoms with E-state index in [0.717, 1.165) is 12.1 Å². The van der Waals surface area contributed by atoms with Gasteiger partial charge >= 0.3 is 0 Å². The second-order valence-electron chi connectivity index (χ2n) is 6.02. The highest BCUT2D eigenvalue weighted by atomic mass is 32.1. The molecule has 7 heteroatoms. The fourth-order valence-electron chi connectivity index (χ4n) is 2.74. The minimum Gasteiger partial charge on any atom is -0.344 e. The summed E-state index contributed by atoms with van der Waals surface area (Å²) in [5.41, 5.74) is 3.26. The molecule has 0 spiro atoms. The number of fused-ring (bicyclic) bond motifs is 1. The summed E-state index contributed by atoms with van der Waals surface area (Å²) in [6, 6.07) is 6.55. The van der Waals surface area contributed by atoms with E-state index < -0.39 is 6.04 Å². The third-order valence-corrected chi connectivity index (χ3v) is 5.36. The molecule has 0 N–H and O–H groups in total. The van der Waals surface area contributed by atoms with Crippen LogP contribution in [0.25, 0.3) is 10.9 Å². The zero-order valence-corrected chi connectivity index (χ0v) is 15.3. The Balaban J connectivity index is 1.76. The Hall–Kier alpha value is -2.54. The third kappa shape index (κ3) is 3.46. The first-order chi connectivity index (χ1) is 12.0. The molecule has 0 fully saturated rings. The molecule has 0 bridgehead atoms. The lowest BCUT2D eigenvalue weighted by Crippen LogP contribution is -2.38. The highest BCUT2D eigenvalue weighted by Crippen LogP contribution is 2.15. The smallest absolute Gasteiger partial charge is 0.261 e. The first kappa shape index (κ1) is 17.3. The molecule has 6 nitrogen and oxygen atoms in total. The molecular formula is C18H20N4O2S. The lowest BCUT2D eigenvalue weighted by Gasteiger charge is -2.22. The fraction of sp³-hybridized carbons (Fsp3) is 0.333. The maximum atomic E-state index is 12.7. The Morgan fingerprint density at radius 1 is 1.32 bits per heavy atom. The molecule has 3 aromatic rings. The van der Waals surface area contributed by atoms with Crippen LogP contribution >= 0.6 is 11.3 Å². The van der Waals surface area contributed by atoms with Crippen molar-refractivity contribution in [1.29, 1.82) is 0 Å². The van der Waals surface area contributed by atoms with Crippen molar-refractivity contribution in [1.82, 2.24) is 19.4 Å². The van der Waals surface area contributed by atoms with Gasteiger partial charge < -0.3 is 4.90 Å². The number of likely N-dealkylation sites (N-methyl/N-ethyl adjacent to an activating group) is 1. The van der Waals surface area contributed by atoms with E-state index >= 15 is 0 Å². The molecule has 25 heavy (non-hydrogen) atoms. The number of amides is 1. The van der Waals surface area contributed by atoms with Crippen LogP contribution < -0.4 is 5.56 Å². The van der Waals surface area contributed by atoms with Crippen LogP contribution in [0, 0.1) is 6.92 Å². The number of hydrogen-bond donors (Lipinski definition) is 0. The SMILES string of the molecule is Cc1ncsc1CCN(C)C(=O)[C@H](C)n1cnc2ccccc2c1=O. The molecule has 0 aliphatic carbocycles. The predicted molar refractivity (Wildman–Crippen MR) is 98.9 cm³/mol. The molecule has 0 saturated heterocycles. The normalized spacial score (nSPS) is 12.3. The minimum absolute atomic E-state index is 0.110. The van der Waals surface area contributed by atoms with E-state index in [0.29, 0.717) is 17.4 Å². The standard InChI is InChI=1S/C18H20N4O2S/c1-12-16(25-11-20-12)8-9-21(3)17(23)13(2)22-10-19-15-7-5-4-6-14(15)18(22)24/h4-7,10-11,13H,8-9H2,1-3H3/t13-/m0/s1. The largest absolute Gasteiger partial charge is 0.344 e. The molecule has 0 aliphatic heterocycles. The Kier molecular flexibility index (Phi) is 4.94. The Morgan fingerprint density at radius 3 is 2.80 bits per heavy atom. The molecule has 130 valence electrons. The first-order valence-electron chi connectivity index (χ1n) is 8.09. The Labute approximate surface area is 149 Å². The first-order valence-corrected chi connectivity index (χ1v) is 8.97. The van der Waals surface area contributed by atoms with Gasteiger partial charge in [-0.3, -0.25) is 14.2 Å². The third-order valence-electron chi connectivity index (χ3n) is 4.36. The molecule has 1 amide bonds. The van der Waals surface area contributed by atoms with Gasteiger partial charge in [0.05, 0.1) is 28.4 Å². The molecule has 0 aliphatic rings. The maximum absolute atomic E-state index is 12.7. The molecule has 2 heterocycles. The van der Waals surface area contributed by atoms with Crippen LogP contribution in [0.3, 0.4) is 0 Å². The zero-order chi connectivity index (χ0) is 18.0. The number of carbonyl (C=O) groups excluding carboxylic acids is 1. The van der Waals surface area contributed by atoms with Gasteiger partial charge in [-0.25, -0.2) is 9.97 Å². The van der Waals surface area contributed by atoms with Gasteiger partial charge in [0.2, 0.25) is 5.91 Å². The van der Waals surface area contributed by atoms with E-state index in [4.69, 9.17) is 0 Å². The van der Waals surface area contributed by atoms with E-state index in [1.807, 2.05) is 18.5 Å². The van der Waals surface area contributed by atoms with Crippen molar-refractivity contribution in [3.05, 3.63) is 57.0 Å². The maximum Gasteiger partial charge on any atom is 0.261 e. The topological polar surface area (TPSA) is 68.1 Å². The van der Waals surface area contributed by atoms with Gasteiger partial charge in [0.25, 0.3) is 5.56 Å². The van der Waals surface area contributed by atoms with Gasteiger partial charge in [-0.2, -0.15) is 0 Å². The number of hydrogen-bond acceptors (Lipinski definition) is 5. The molecule has 2 aromatic heterocycles. The Bertz CT molecular complexity index is 963. The van der Waals surface area contributed by atoms with Crippen LogP contribution in [-0.2, 0) is 11.2 Å². The van der Waals surface area contributed by atoms with Crippen LogP contribution in [-0.4, -0.2) is 38.9 Å². The second kappa shape index (κ2) is 7.14. The number of carbonyl (C=O) groups is 1. The number of para-hydroxylation sites is 1. The number of aromatic nitrogens is 3. The van der Waals surface area contributed by atoms with Crippen LogP contribution in [0.5, 0.6) is 0 Å². The summed E-state index contributed by atoms with van der Waals surface area (Å²) in [5, 5.41) is 0.521. The zero-order valence-electron chi connectivity index (χ0n) is 14.5. The van der Waals surface area contributed by atoms with E-state index in [9.17, 15) is 9.59 Å². The van der Waals surface area contributed by atoms with Gasteiger partial charge in [-0.05, 0) is 26.0 Å². The fourth-order valence-corrected chi connectivity index (χ4v) is 3.51. The predicted octanol–water partition coefficient (Wildman–Crippen LogP) is 2.42. The number of nitrogens with zero attached hydrogens (tertiary/aromatic N) is 4. The van der Waals surface area contributed by atoms with E-state index in [1.54, 1.807) is 48.4 Å². The quantitative estimate of drug-likeness (QED) is 0.704. The summed E-state index contributed by atoms with van der Waals surface area (Å²) in [7, 11) is 1.76. The lowest BCUT2D eigenvalue weighted by molar-refractivity contribution is -0.133. The summed E-state index contributed by atoms with van der Waals surface area (Å²) in [5.74, 6) is -0.110. The molecule has 3 rings (SSSR count). The highest BCUT2D eigenvalue weighted by Gasteiger charge is 2.21. The number of rotatable bonds is 5. The van der Waals surface area contributed by atoms with Crippen LogP contribution in [0.1, 0.15) is 23.5 Å². The van der Waals surface area contributed by atoms with Crippen molar-refractivity contribution >= 4 is 28.1 Å². The van der Waals surface area contributed by atoms with Crippen molar-refractivity contribution in [3.8, 4) is 0 Å². The van der Waals surface area contributed by atoms with E-state index in [2.05, 4.69) is 9.97 Å². The van der Waals surface area contributed by atoms with Crippen molar-refractivity contribution in [3.63, 3.8) is 0 Å². The van der Waals surface area contributed by atoms with Gasteiger partial charge in [0.15, 0.2) is 0 Å². The summed E-state index contributed by atoms with van der Waals surface area (Å²) >= 11 is 1.60.